The topological polar surface area (TPSA) is 128 Å². The summed E-state index contributed by atoms with van der Waals surface area (Å²) in [6.45, 7) is 3.08. The van der Waals surface area contributed by atoms with Gasteiger partial charge in [0.2, 0.25) is 0 Å². The number of halogens is 1. The molecule has 11 heteroatoms. The van der Waals surface area contributed by atoms with Gasteiger partial charge in [-0.1, -0.05) is 115 Å². The highest BCUT2D eigenvalue weighted by atomic mass is 35.5. The van der Waals surface area contributed by atoms with E-state index in [4.69, 9.17) is 25.8 Å². The first-order valence-electron chi connectivity index (χ1n) is 16.2. The third-order valence-corrected chi connectivity index (χ3v) is 7.33. The van der Waals surface area contributed by atoms with Gasteiger partial charge in [-0.3, -0.25) is 4.79 Å². The van der Waals surface area contributed by atoms with Gasteiger partial charge in [0.05, 0.1) is 5.56 Å². The van der Waals surface area contributed by atoms with Gasteiger partial charge in [0, 0.05) is 32.9 Å². The maximum Gasteiger partial charge on any atom is 0.407 e. The Kier molecular flexibility index (Phi) is 24.1. The zero-order valence-corrected chi connectivity index (χ0v) is 27.2. The summed E-state index contributed by atoms with van der Waals surface area (Å²) in [5, 5.41) is 8.23. The monoisotopic (exact) mass is 626 g/mol. The number of nitrogens with one attached hydrogen (secondary N) is 3. The van der Waals surface area contributed by atoms with E-state index in [1.807, 2.05) is 0 Å². The number of pyridine rings is 1. The van der Waals surface area contributed by atoms with Crippen molar-refractivity contribution in [2.24, 2.45) is 0 Å². The van der Waals surface area contributed by atoms with Crippen molar-refractivity contribution >= 4 is 29.7 Å². The third-order valence-electron chi connectivity index (χ3n) is 7.10. The highest BCUT2D eigenvalue weighted by molar-refractivity contribution is 6.29. The fraction of sp³-hybridized carbons (Fsp3) is 0.750. The summed E-state index contributed by atoms with van der Waals surface area (Å²) in [6.07, 6.45) is 20.5. The molecule has 0 fully saturated rings. The molecular weight excluding hydrogens is 572 g/mol. The van der Waals surface area contributed by atoms with E-state index in [9.17, 15) is 14.4 Å². The van der Waals surface area contributed by atoms with Crippen molar-refractivity contribution in [3.63, 3.8) is 0 Å². The minimum atomic E-state index is -0.669. The summed E-state index contributed by atoms with van der Waals surface area (Å²) >= 11 is 5.71. The van der Waals surface area contributed by atoms with Crippen molar-refractivity contribution < 1.29 is 28.6 Å². The SMILES string of the molecule is CCCCCCCCCCCCCCCCCCNC(=O)OCC(COC(=O)NCCNC(=O)c1ccc(Cl)nc1)OC. The van der Waals surface area contributed by atoms with Crippen LogP contribution in [0.1, 0.15) is 120 Å². The van der Waals surface area contributed by atoms with Crippen LogP contribution in [0.15, 0.2) is 18.3 Å². The lowest BCUT2D eigenvalue weighted by atomic mass is 10.0. The van der Waals surface area contributed by atoms with Crippen molar-refractivity contribution in [1.29, 1.82) is 0 Å². The van der Waals surface area contributed by atoms with E-state index in [2.05, 4.69) is 27.9 Å². The molecule has 0 aliphatic carbocycles. The van der Waals surface area contributed by atoms with E-state index >= 15 is 0 Å². The highest BCUT2D eigenvalue weighted by Crippen LogP contribution is 2.13. The average Bonchev–Trinajstić information content (AvgIpc) is 3.01. The quantitative estimate of drug-likeness (QED) is 0.0733. The molecule has 0 saturated heterocycles. The van der Waals surface area contributed by atoms with Crippen LogP contribution in [0.2, 0.25) is 5.15 Å². The van der Waals surface area contributed by atoms with Gasteiger partial charge in [-0.2, -0.15) is 0 Å². The summed E-state index contributed by atoms with van der Waals surface area (Å²) in [7, 11) is 1.45. The number of hydrogen-bond donors (Lipinski definition) is 3. The molecular formula is C32H55ClN4O6. The van der Waals surface area contributed by atoms with Gasteiger partial charge >= 0.3 is 12.2 Å². The van der Waals surface area contributed by atoms with Crippen LogP contribution in [0, 0.1) is 0 Å². The molecule has 3 N–H and O–H groups in total. The molecule has 1 rings (SSSR count). The van der Waals surface area contributed by atoms with Gasteiger partial charge in [0.15, 0.2) is 0 Å². The molecule has 3 amide bonds. The number of nitrogens with zero attached hydrogens (tertiary/aromatic N) is 1. The number of amides is 3. The smallest absolute Gasteiger partial charge is 0.407 e. The maximum atomic E-state index is 12.0. The molecule has 0 aromatic carbocycles. The van der Waals surface area contributed by atoms with Crippen LogP contribution < -0.4 is 16.0 Å². The Hall–Kier alpha value is -2.59. The number of aromatic nitrogens is 1. The lowest BCUT2D eigenvalue weighted by molar-refractivity contribution is -0.00443. The molecule has 1 aromatic rings. The molecule has 1 heterocycles. The first-order valence-corrected chi connectivity index (χ1v) is 16.6. The Morgan fingerprint density at radius 2 is 1.16 bits per heavy atom. The first-order chi connectivity index (χ1) is 21.0. The van der Waals surface area contributed by atoms with Crippen molar-refractivity contribution in [3.05, 3.63) is 29.0 Å². The van der Waals surface area contributed by atoms with E-state index in [1.54, 1.807) is 6.07 Å². The van der Waals surface area contributed by atoms with Crippen LogP contribution in [0.3, 0.4) is 0 Å². The Morgan fingerprint density at radius 3 is 1.63 bits per heavy atom. The van der Waals surface area contributed by atoms with E-state index in [-0.39, 0.29) is 32.2 Å². The summed E-state index contributed by atoms with van der Waals surface area (Å²) in [5.74, 6) is -0.330. The van der Waals surface area contributed by atoms with Gasteiger partial charge in [-0.05, 0) is 18.6 Å². The highest BCUT2D eigenvalue weighted by Gasteiger charge is 2.14. The standard InChI is InChI=1S/C32H55ClN4O6/c1-3-4-5-6-7-8-9-10-11-12-13-14-15-16-17-18-21-35-31(39)42-25-28(41-2)26-43-32(40)36-23-22-34-30(38)27-19-20-29(33)37-24-27/h19-20,24,28H,3-18,21-23,25-26H2,1-2H3,(H,34,38)(H,35,39)(H,36,40). The summed E-state index contributed by atoms with van der Waals surface area (Å²) in [5.41, 5.74) is 0.365. The van der Waals surface area contributed by atoms with Crippen LogP contribution in [-0.2, 0) is 14.2 Å². The second-order valence-corrected chi connectivity index (χ2v) is 11.2. The van der Waals surface area contributed by atoms with Crippen LogP contribution >= 0.6 is 11.6 Å². The zero-order valence-electron chi connectivity index (χ0n) is 26.4. The third kappa shape index (κ3) is 22.6. The Morgan fingerprint density at radius 1 is 0.698 bits per heavy atom. The van der Waals surface area contributed by atoms with Crippen LogP contribution in [0.4, 0.5) is 9.59 Å². The second kappa shape index (κ2) is 27.0. The first kappa shape index (κ1) is 38.4. The molecule has 0 saturated carbocycles. The number of unbranched alkanes of at least 4 members (excludes halogenated alkanes) is 15. The number of carbonyl (C=O) groups excluding carboxylic acids is 3. The molecule has 0 bridgehead atoms. The van der Waals surface area contributed by atoms with E-state index in [0.717, 1.165) is 12.8 Å². The van der Waals surface area contributed by atoms with Gasteiger partial charge in [-0.15, -0.1) is 0 Å². The summed E-state index contributed by atoms with van der Waals surface area (Å²) in [4.78, 5) is 39.7. The van der Waals surface area contributed by atoms with Crippen molar-refractivity contribution in [2.45, 2.75) is 116 Å². The van der Waals surface area contributed by atoms with Crippen LogP contribution in [0.5, 0.6) is 0 Å². The predicted molar refractivity (Wildman–Crippen MR) is 171 cm³/mol. The molecule has 246 valence electrons. The number of hydrogen-bond acceptors (Lipinski definition) is 7. The average molecular weight is 627 g/mol. The normalized spacial score (nSPS) is 11.5. The van der Waals surface area contributed by atoms with Gasteiger partial charge in [-0.25, -0.2) is 14.6 Å². The number of rotatable bonds is 26. The molecule has 1 unspecified atom stereocenters. The molecule has 1 atom stereocenters. The Balaban J connectivity index is 1.92. The molecule has 1 aromatic heterocycles. The minimum Gasteiger partial charge on any atom is -0.447 e. The van der Waals surface area contributed by atoms with Crippen molar-refractivity contribution in [3.8, 4) is 0 Å². The summed E-state index contributed by atoms with van der Waals surface area (Å²) < 4.78 is 15.5. The lowest BCUT2D eigenvalue weighted by Crippen LogP contribution is -2.37. The molecule has 0 aliphatic rings. The van der Waals surface area contributed by atoms with Gasteiger partial charge < -0.3 is 30.2 Å². The Bertz CT molecular complexity index is 859. The van der Waals surface area contributed by atoms with Gasteiger partial charge in [0.25, 0.3) is 5.91 Å². The predicted octanol–water partition coefficient (Wildman–Crippen LogP) is 7.19. The molecule has 0 spiro atoms. The van der Waals surface area contributed by atoms with Crippen LogP contribution in [-0.4, -0.2) is 69.1 Å². The number of carbonyl (C=O) groups is 3. The van der Waals surface area contributed by atoms with E-state index < -0.39 is 18.3 Å². The van der Waals surface area contributed by atoms with Gasteiger partial charge in [0.1, 0.15) is 24.5 Å². The largest absolute Gasteiger partial charge is 0.447 e. The zero-order chi connectivity index (χ0) is 31.4. The molecule has 10 nitrogen and oxygen atoms in total. The molecule has 0 radical (unpaired) electrons. The lowest BCUT2D eigenvalue weighted by Gasteiger charge is -2.16. The number of ether oxygens (including phenoxy) is 3. The van der Waals surface area contributed by atoms with Crippen molar-refractivity contribution in [2.75, 3.05) is 40.0 Å². The fourth-order valence-corrected chi connectivity index (χ4v) is 4.55. The summed E-state index contributed by atoms with van der Waals surface area (Å²) in [6, 6.07) is 3.08. The van der Waals surface area contributed by atoms with Crippen LogP contribution in [0.25, 0.3) is 0 Å². The fourth-order valence-electron chi connectivity index (χ4n) is 4.44. The molecule has 0 aliphatic heterocycles. The maximum absolute atomic E-state index is 12.0. The Labute approximate surface area is 263 Å². The van der Waals surface area contributed by atoms with E-state index in [1.165, 1.54) is 109 Å². The van der Waals surface area contributed by atoms with Crippen molar-refractivity contribution in [1.82, 2.24) is 20.9 Å². The second-order valence-electron chi connectivity index (χ2n) is 10.8. The number of alkyl carbamates (subject to hydrolysis) is 2. The minimum absolute atomic E-state index is 0.0419. The number of methoxy groups -OCH3 is 1. The van der Waals surface area contributed by atoms with E-state index in [0.29, 0.717) is 17.3 Å². The molecule has 43 heavy (non-hydrogen) atoms.